The maximum atomic E-state index is 13.2. The average Bonchev–Trinajstić information content (AvgIpc) is 2.72. The van der Waals surface area contributed by atoms with Gasteiger partial charge in [0.25, 0.3) is 5.91 Å². The van der Waals surface area contributed by atoms with Crippen LogP contribution in [-0.2, 0) is 9.53 Å². The second kappa shape index (κ2) is 8.67. The van der Waals surface area contributed by atoms with Crippen LogP contribution in [0.4, 0.5) is 5.69 Å². The monoisotopic (exact) mass is 423 g/mol. The topological polar surface area (TPSA) is 61.9 Å². The van der Waals surface area contributed by atoms with Gasteiger partial charge in [0.05, 0.1) is 24.3 Å². The van der Waals surface area contributed by atoms with Crippen molar-refractivity contribution >= 4 is 34.9 Å². The number of methoxy groups -OCH3 is 1. The van der Waals surface area contributed by atoms with E-state index in [0.717, 1.165) is 11.3 Å². The number of carbonyl (C=O) groups is 2. The number of benzene rings is 2. The zero-order chi connectivity index (χ0) is 22.0. The standard InChI is InChI=1S/C23H25N3O3S/c1-14-9-8-10-16(13-14)26-15(2)19(21(27)25(3)4)20(24-23(26)30)17-11-6-7-12-18(17)22(28)29-5/h6-13,20H,1-5H3,(H,24,30). The number of anilines is 1. The zero-order valence-electron chi connectivity index (χ0n) is 17.7. The molecule has 0 radical (unpaired) electrons. The highest BCUT2D eigenvalue weighted by Gasteiger charge is 2.37. The lowest BCUT2D eigenvalue weighted by molar-refractivity contribution is -0.125. The Morgan fingerprint density at radius 1 is 1.10 bits per heavy atom. The number of aryl methyl sites for hydroxylation is 1. The van der Waals surface area contributed by atoms with Gasteiger partial charge in [-0.1, -0.05) is 30.3 Å². The highest BCUT2D eigenvalue weighted by Crippen LogP contribution is 2.35. The average molecular weight is 424 g/mol. The molecule has 0 saturated carbocycles. The summed E-state index contributed by atoms with van der Waals surface area (Å²) in [7, 11) is 4.75. The van der Waals surface area contributed by atoms with Gasteiger partial charge in [0.15, 0.2) is 5.11 Å². The molecule has 1 aliphatic rings. The molecule has 2 aromatic rings. The van der Waals surface area contributed by atoms with E-state index in [1.165, 1.54) is 12.0 Å². The zero-order valence-corrected chi connectivity index (χ0v) is 18.5. The Morgan fingerprint density at radius 3 is 2.43 bits per heavy atom. The van der Waals surface area contributed by atoms with Crippen molar-refractivity contribution in [2.45, 2.75) is 19.9 Å². The third kappa shape index (κ3) is 3.93. The van der Waals surface area contributed by atoms with E-state index in [1.54, 1.807) is 26.2 Å². The summed E-state index contributed by atoms with van der Waals surface area (Å²) in [6, 6.07) is 14.4. The molecule has 156 valence electrons. The van der Waals surface area contributed by atoms with Crippen LogP contribution >= 0.6 is 12.2 Å². The number of carbonyl (C=O) groups excluding carboxylic acids is 2. The Kier molecular flexibility index (Phi) is 6.22. The fourth-order valence-electron chi connectivity index (χ4n) is 3.62. The molecule has 1 heterocycles. The minimum absolute atomic E-state index is 0.162. The van der Waals surface area contributed by atoms with Crippen LogP contribution in [0.2, 0.25) is 0 Å². The smallest absolute Gasteiger partial charge is 0.338 e. The molecule has 6 nitrogen and oxygen atoms in total. The number of hydrogen-bond donors (Lipinski definition) is 1. The fraction of sp³-hybridized carbons (Fsp3) is 0.261. The Morgan fingerprint density at radius 2 is 1.80 bits per heavy atom. The van der Waals surface area contributed by atoms with Crippen LogP contribution in [0.15, 0.2) is 59.8 Å². The van der Waals surface area contributed by atoms with E-state index in [9.17, 15) is 9.59 Å². The third-order valence-electron chi connectivity index (χ3n) is 5.06. The molecular formula is C23H25N3O3S. The SMILES string of the molecule is COC(=O)c1ccccc1C1NC(=S)N(c2cccc(C)c2)C(C)=C1C(=O)N(C)C. The van der Waals surface area contributed by atoms with Crippen LogP contribution in [0.25, 0.3) is 0 Å². The van der Waals surface area contributed by atoms with E-state index < -0.39 is 12.0 Å². The molecule has 0 aromatic heterocycles. The Labute approximate surface area is 182 Å². The minimum atomic E-state index is -0.580. The first-order valence-corrected chi connectivity index (χ1v) is 9.94. The van der Waals surface area contributed by atoms with E-state index in [0.29, 0.717) is 27.5 Å². The number of hydrogen-bond acceptors (Lipinski definition) is 4. The van der Waals surface area contributed by atoms with Crippen LogP contribution < -0.4 is 10.2 Å². The van der Waals surface area contributed by atoms with E-state index in [2.05, 4.69) is 5.32 Å². The van der Waals surface area contributed by atoms with E-state index >= 15 is 0 Å². The lowest BCUT2D eigenvalue weighted by atomic mass is 9.90. The molecule has 1 aliphatic heterocycles. The van der Waals surface area contributed by atoms with Crippen LogP contribution in [0.1, 0.15) is 34.5 Å². The maximum absolute atomic E-state index is 13.2. The Hall–Kier alpha value is -3.19. The van der Waals surface area contributed by atoms with Crippen molar-refractivity contribution in [3.63, 3.8) is 0 Å². The van der Waals surface area contributed by atoms with Crippen LogP contribution in [0.3, 0.4) is 0 Å². The molecule has 0 saturated heterocycles. The van der Waals surface area contributed by atoms with Crippen molar-refractivity contribution in [3.05, 3.63) is 76.5 Å². The van der Waals surface area contributed by atoms with Crippen molar-refractivity contribution in [2.24, 2.45) is 0 Å². The van der Waals surface area contributed by atoms with E-state index in [4.69, 9.17) is 17.0 Å². The third-order valence-corrected chi connectivity index (χ3v) is 5.36. The van der Waals surface area contributed by atoms with Crippen LogP contribution in [0, 0.1) is 6.92 Å². The molecule has 1 atom stereocenters. The van der Waals surface area contributed by atoms with Gasteiger partial charge in [-0.25, -0.2) is 4.79 Å². The number of amides is 1. The largest absolute Gasteiger partial charge is 0.465 e. The van der Waals surface area contributed by atoms with Crippen molar-refractivity contribution in [3.8, 4) is 0 Å². The molecule has 30 heavy (non-hydrogen) atoms. The summed E-state index contributed by atoms with van der Waals surface area (Å²) in [5.74, 6) is -0.626. The van der Waals surface area contributed by atoms with Gasteiger partial charge in [-0.05, 0) is 55.4 Å². The summed E-state index contributed by atoms with van der Waals surface area (Å²) in [6.45, 7) is 3.88. The number of nitrogens with one attached hydrogen (secondary N) is 1. The summed E-state index contributed by atoms with van der Waals surface area (Å²) in [4.78, 5) is 29.0. The first-order valence-electron chi connectivity index (χ1n) is 9.53. The summed E-state index contributed by atoms with van der Waals surface area (Å²) >= 11 is 5.69. The maximum Gasteiger partial charge on any atom is 0.338 e. The number of esters is 1. The Balaban J connectivity index is 2.22. The molecule has 0 fully saturated rings. The van der Waals surface area contributed by atoms with E-state index in [-0.39, 0.29) is 5.91 Å². The summed E-state index contributed by atoms with van der Waals surface area (Å²) in [5, 5.41) is 3.74. The molecule has 7 heteroatoms. The van der Waals surface area contributed by atoms with Crippen molar-refractivity contribution < 1.29 is 14.3 Å². The van der Waals surface area contributed by atoms with Gasteiger partial charge in [0.1, 0.15) is 0 Å². The number of likely N-dealkylation sites (N-methyl/N-ethyl adjacent to an activating group) is 1. The fourth-order valence-corrected chi connectivity index (χ4v) is 3.98. The lowest BCUT2D eigenvalue weighted by Crippen LogP contribution is -2.49. The summed E-state index contributed by atoms with van der Waals surface area (Å²) < 4.78 is 4.95. The number of thiocarbonyl (C=S) groups is 1. The minimum Gasteiger partial charge on any atom is -0.465 e. The van der Waals surface area contributed by atoms with Crippen LogP contribution in [-0.4, -0.2) is 43.1 Å². The molecule has 1 unspecified atom stereocenters. The quantitative estimate of drug-likeness (QED) is 0.599. The molecule has 0 spiro atoms. The number of allylic oxidation sites excluding steroid dienone is 1. The summed E-state index contributed by atoms with van der Waals surface area (Å²) in [6.07, 6.45) is 0. The molecule has 0 bridgehead atoms. The van der Waals surface area contributed by atoms with Crippen molar-refractivity contribution in [1.29, 1.82) is 0 Å². The molecule has 1 N–H and O–H groups in total. The first kappa shape index (κ1) is 21.5. The van der Waals surface area contributed by atoms with Crippen LogP contribution in [0.5, 0.6) is 0 Å². The van der Waals surface area contributed by atoms with Gasteiger partial charge in [-0.3, -0.25) is 9.69 Å². The van der Waals surface area contributed by atoms with Crippen molar-refractivity contribution in [2.75, 3.05) is 26.1 Å². The van der Waals surface area contributed by atoms with Gasteiger partial charge in [0.2, 0.25) is 0 Å². The van der Waals surface area contributed by atoms with Crippen molar-refractivity contribution in [1.82, 2.24) is 10.2 Å². The van der Waals surface area contributed by atoms with Gasteiger partial charge in [-0.2, -0.15) is 0 Å². The predicted octanol–water partition coefficient (Wildman–Crippen LogP) is 3.58. The number of rotatable bonds is 4. The van der Waals surface area contributed by atoms with Gasteiger partial charge in [0, 0.05) is 25.5 Å². The molecule has 3 rings (SSSR count). The van der Waals surface area contributed by atoms with Gasteiger partial charge < -0.3 is 15.0 Å². The number of nitrogens with zero attached hydrogens (tertiary/aromatic N) is 2. The highest BCUT2D eigenvalue weighted by molar-refractivity contribution is 7.80. The highest BCUT2D eigenvalue weighted by atomic mass is 32.1. The lowest BCUT2D eigenvalue weighted by Gasteiger charge is -2.39. The summed E-state index contributed by atoms with van der Waals surface area (Å²) in [5.41, 5.74) is 4.22. The molecule has 2 aromatic carbocycles. The first-order chi connectivity index (χ1) is 14.3. The normalized spacial score (nSPS) is 16.2. The van der Waals surface area contributed by atoms with Gasteiger partial charge >= 0.3 is 5.97 Å². The molecule has 1 amide bonds. The second-order valence-electron chi connectivity index (χ2n) is 7.33. The van der Waals surface area contributed by atoms with Gasteiger partial charge in [-0.15, -0.1) is 0 Å². The predicted molar refractivity (Wildman–Crippen MR) is 121 cm³/mol. The molecule has 0 aliphatic carbocycles. The Bertz CT molecular complexity index is 1050. The molecular weight excluding hydrogens is 398 g/mol. The second-order valence-corrected chi connectivity index (χ2v) is 7.72. The van der Waals surface area contributed by atoms with E-state index in [1.807, 2.05) is 55.1 Å². The number of ether oxygens (including phenoxy) is 1.